The number of ether oxygens (including phenoxy) is 1. The third-order valence-electron chi connectivity index (χ3n) is 3.07. The molecule has 2 atom stereocenters. The van der Waals surface area contributed by atoms with E-state index in [1.54, 1.807) is 11.8 Å². The lowest BCUT2D eigenvalue weighted by atomic mass is 9.96. The number of thioether (sulfide) groups is 1. The molecule has 1 nitrogen and oxygen atoms in total. The Morgan fingerprint density at radius 2 is 2.18 bits per heavy atom. The summed E-state index contributed by atoms with van der Waals surface area (Å²) in [5.74, 6) is 0.281. The van der Waals surface area contributed by atoms with Gasteiger partial charge in [-0.25, -0.2) is 0 Å². The van der Waals surface area contributed by atoms with Crippen LogP contribution in [-0.2, 0) is 4.74 Å². The summed E-state index contributed by atoms with van der Waals surface area (Å²) in [6.45, 7) is 5.15. The highest BCUT2D eigenvalue weighted by Gasteiger charge is 2.32. The fourth-order valence-electron chi connectivity index (χ4n) is 2.08. The molecule has 1 aliphatic rings. The van der Waals surface area contributed by atoms with E-state index in [2.05, 4.69) is 38.1 Å². The van der Waals surface area contributed by atoms with Gasteiger partial charge >= 0.3 is 0 Å². The molecular formula is C14H18OS2. The summed E-state index contributed by atoms with van der Waals surface area (Å²) in [4.78, 5) is 1.30. The molecule has 0 bridgehead atoms. The van der Waals surface area contributed by atoms with Gasteiger partial charge in [0.1, 0.15) is 0 Å². The molecule has 1 heterocycles. The smallest absolute Gasteiger partial charge is 0.0670 e. The molecule has 0 radical (unpaired) electrons. The Labute approximate surface area is 113 Å². The number of hydrogen-bond acceptors (Lipinski definition) is 3. The fourth-order valence-corrected chi connectivity index (χ4v) is 3.79. The molecule has 0 N–H and O–H groups in total. The highest BCUT2D eigenvalue weighted by atomic mass is 32.2. The van der Waals surface area contributed by atoms with Gasteiger partial charge in [0.2, 0.25) is 0 Å². The molecule has 0 fully saturated rings. The zero-order valence-corrected chi connectivity index (χ0v) is 11.9. The van der Waals surface area contributed by atoms with Gasteiger partial charge in [-0.15, -0.1) is 0 Å². The molecule has 17 heavy (non-hydrogen) atoms. The first-order valence-electron chi connectivity index (χ1n) is 6.16. The minimum absolute atomic E-state index is 0.185. The number of fused-ring (bicyclic) bond motifs is 1. The van der Waals surface area contributed by atoms with Gasteiger partial charge in [0.15, 0.2) is 0 Å². The SMILES string of the molecule is CCCCO[C@H](C)[C@H]1C(=S)Sc2ccccc21. The molecule has 0 saturated heterocycles. The summed E-state index contributed by atoms with van der Waals surface area (Å²) in [7, 11) is 0. The summed E-state index contributed by atoms with van der Waals surface area (Å²) in [6.07, 6.45) is 2.48. The van der Waals surface area contributed by atoms with Crippen LogP contribution in [0, 0.1) is 0 Å². The number of thiocarbonyl (C=S) groups is 1. The molecule has 0 spiro atoms. The zero-order chi connectivity index (χ0) is 12.3. The van der Waals surface area contributed by atoms with Gasteiger partial charge in [-0.2, -0.15) is 0 Å². The third-order valence-corrected chi connectivity index (χ3v) is 4.62. The number of benzene rings is 1. The van der Waals surface area contributed by atoms with Crippen molar-refractivity contribution >= 4 is 28.2 Å². The predicted octanol–water partition coefficient (Wildman–Crippen LogP) is 4.41. The molecule has 0 saturated carbocycles. The third kappa shape index (κ3) is 2.90. The molecule has 0 aromatic heterocycles. The van der Waals surface area contributed by atoms with E-state index in [4.69, 9.17) is 17.0 Å². The lowest BCUT2D eigenvalue weighted by Gasteiger charge is -2.20. The van der Waals surface area contributed by atoms with E-state index in [1.807, 2.05) is 0 Å². The van der Waals surface area contributed by atoms with Gasteiger partial charge in [0, 0.05) is 11.5 Å². The zero-order valence-electron chi connectivity index (χ0n) is 10.3. The van der Waals surface area contributed by atoms with Crippen molar-refractivity contribution in [2.45, 2.75) is 43.6 Å². The molecular weight excluding hydrogens is 248 g/mol. The maximum absolute atomic E-state index is 5.89. The van der Waals surface area contributed by atoms with Gasteiger partial charge in [0.25, 0.3) is 0 Å². The van der Waals surface area contributed by atoms with Crippen molar-refractivity contribution in [1.29, 1.82) is 0 Å². The van der Waals surface area contributed by atoms with Crippen LogP contribution in [0.3, 0.4) is 0 Å². The van der Waals surface area contributed by atoms with Crippen LogP contribution in [0.4, 0.5) is 0 Å². The van der Waals surface area contributed by atoms with E-state index in [0.717, 1.165) is 17.2 Å². The summed E-state index contributed by atoms with van der Waals surface area (Å²) in [5, 5.41) is 0. The van der Waals surface area contributed by atoms with Crippen LogP contribution in [0.1, 0.15) is 38.2 Å². The van der Waals surface area contributed by atoms with Crippen molar-refractivity contribution in [3.05, 3.63) is 29.8 Å². The number of unbranched alkanes of at least 4 members (excludes halogenated alkanes) is 1. The van der Waals surface area contributed by atoms with Crippen LogP contribution in [0.2, 0.25) is 0 Å². The molecule has 0 amide bonds. The molecule has 1 aromatic rings. The summed E-state index contributed by atoms with van der Waals surface area (Å²) >= 11 is 7.20. The van der Waals surface area contributed by atoms with Gasteiger partial charge in [-0.1, -0.05) is 55.5 Å². The summed E-state index contributed by atoms with van der Waals surface area (Å²) in [6, 6.07) is 8.47. The van der Waals surface area contributed by atoms with Crippen LogP contribution in [0.5, 0.6) is 0 Å². The molecule has 1 aliphatic heterocycles. The first-order chi connectivity index (χ1) is 8.24. The minimum atomic E-state index is 0.185. The van der Waals surface area contributed by atoms with Gasteiger partial charge in [-0.3, -0.25) is 0 Å². The molecule has 0 aliphatic carbocycles. The average Bonchev–Trinajstić information content (AvgIpc) is 2.65. The largest absolute Gasteiger partial charge is 0.377 e. The van der Waals surface area contributed by atoms with E-state index >= 15 is 0 Å². The van der Waals surface area contributed by atoms with E-state index in [9.17, 15) is 0 Å². The molecule has 92 valence electrons. The topological polar surface area (TPSA) is 9.23 Å². The van der Waals surface area contributed by atoms with E-state index in [1.165, 1.54) is 16.9 Å². The molecule has 3 heteroatoms. The first-order valence-corrected chi connectivity index (χ1v) is 7.38. The average molecular weight is 266 g/mol. The van der Waals surface area contributed by atoms with Gasteiger partial charge in [-0.05, 0) is 25.0 Å². The fraction of sp³-hybridized carbons (Fsp3) is 0.500. The van der Waals surface area contributed by atoms with Crippen LogP contribution < -0.4 is 0 Å². The van der Waals surface area contributed by atoms with Crippen molar-refractivity contribution in [3.63, 3.8) is 0 Å². The number of rotatable bonds is 5. The van der Waals surface area contributed by atoms with E-state index in [0.29, 0.717) is 0 Å². The molecule has 1 aromatic carbocycles. The van der Waals surface area contributed by atoms with E-state index < -0.39 is 0 Å². The minimum Gasteiger partial charge on any atom is -0.377 e. The Balaban J connectivity index is 2.07. The second-order valence-electron chi connectivity index (χ2n) is 4.37. The van der Waals surface area contributed by atoms with Crippen molar-refractivity contribution in [2.24, 2.45) is 0 Å². The van der Waals surface area contributed by atoms with Crippen molar-refractivity contribution in [3.8, 4) is 0 Å². The summed E-state index contributed by atoms with van der Waals surface area (Å²) < 4.78 is 6.94. The first kappa shape index (κ1) is 13.1. The second kappa shape index (κ2) is 5.98. The quantitative estimate of drug-likeness (QED) is 0.577. The van der Waals surface area contributed by atoms with Crippen LogP contribution in [0.15, 0.2) is 29.2 Å². The Kier molecular flexibility index (Phi) is 4.60. The highest BCUT2D eigenvalue weighted by Crippen LogP contribution is 2.44. The van der Waals surface area contributed by atoms with Crippen LogP contribution in [-0.4, -0.2) is 16.9 Å². The Morgan fingerprint density at radius 3 is 2.94 bits per heavy atom. The highest BCUT2D eigenvalue weighted by molar-refractivity contribution is 8.23. The van der Waals surface area contributed by atoms with Gasteiger partial charge < -0.3 is 4.74 Å². The standard InChI is InChI=1S/C14H18OS2/c1-3-4-9-15-10(2)13-11-7-5-6-8-12(11)17-14(13)16/h5-8,10,13H,3-4,9H2,1-2H3/t10-,13-/m1/s1. The van der Waals surface area contributed by atoms with Crippen LogP contribution >= 0.6 is 24.0 Å². The number of hydrogen-bond donors (Lipinski definition) is 0. The van der Waals surface area contributed by atoms with Crippen molar-refractivity contribution < 1.29 is 4.74 Å². The molecule has 0 unspecified atom stereocenters. The predicted molar refractivity (Wildman–Crippen MR) is 78.0 cm³/mol. The summed E-state index contributed by atoms with van der Waals surface area (Å²) in [5.41, 5.74) is 1.34. The normalized spacial score (nSPS) is 20.4. The molecule has 2 rings (SSSR count). The lowest BCUT2D eigenvalue weighted by Crippen LogP contribution is -2.21. The Bertz CT molecular complexity index is 403. The Hall–Kier alpha value is -0.380. The Morgan fingerprint density at radius 1 is 1.41 bits per heavy atom. The van der Waals surface area contributed by atoms with Crippen LogP contribution in [0.25, 0.3) is 0 Å². The van der Waals surface area contributed by atoms with Crippen molar-refractivity contribution in [2.75, 3.05) is 6.61 Å². The van der Waals surface area contributed by atoms with Gasteiger partial charge in [0.05, 0.1) is 16.2 Å². The maximum atomic E-state index is 5.89. The monoisotopic (exact) mass is 266 g/mol. The van der Waals surface area contributed by atoms with E-state index in [-0.39, 0.29) is 12.0 Å². The van der Waals surface area contributed by atoms with Crippen molar-refractivity contribution in [1.82, 2.24) is 0 Å². The second-order valence-corrected chi connectivity index (χ2v) is 6.15. The lowest BCUT2D eigenvalue weighted by molar-refractivity contribution is 0.0591. The maximum Gasteiger partial charge on any atom is 0.0670 e.